The minimum absolute atomic E-state index is 0. The van der Waals surface area contributed by atoms with Gasteiger partial charge in [-0.1, -0.05) is 22.9 Å². The van der Waals surface area contributed by atoms with Gasteiger partial charge < -0.3 is 0 Å². The maximum atomic E-state index is 3.28. The molecule has 0 aliphatic rings. The minimum atomic E-state index is 0. The topological polar surface area (TPSA) is 0 Å². The van der Waals surface area contributed by atoms with Crippen LogP contribution >= 0.6 is 15.9 Å². The van der Waals surface area contributed by atoms with E-state index in [1.165, 1.54) is 5.56 Å². The zero-order valence-electron chi connectivity index (χ0n) is 7.35. The van der Waals surface area contributed by atoms with Crippen LogP contribution in [0.1, 0.15) is 5.56 Å². The molecule has 2 aromatic rings. The van der Waals surface area contributed by atoms with E-state index in [4.69, 9.17) is 0 Å². The molecule has 0 nitrogen and oxygen atoms in total. The van der Waals surface area contributed by atoms with Gasteiger partial charge in [0.1, 0.15) is 0 Å². The zero-order chi connectivity index (χ0) is 8.81. The summed E-state index contributed by atoms with van der Waals surface area (Å²) in [6, 6.07) is 16.2. The van der Waals surface area contributed by atoms with Gasteiger partial charge in [-0.15, -0.1) is 4.47 Å². The van der Waals surface area contributed by atoms with Crippen molar-refractivity contribution < 1.29 is 17.1 Å². The predicted molar refractivity (Wildman–Crippen MR) is 56.5 cm³/mol. The Morgan fingerprint density at radius 3 is 1.85 bits per heavy atom. The molecular formula is C11H11BrFe. The standard InChI is InChI=1S/C6H7.C5H4Br.Fe/c1-6-4-2-3-5-6;6-5-3-1-2-4-5;/h2-5H,1H3;1-4H;/q2*-1;+2. The number of rotatable bonds is 0. The van der Waals surface area contributed by atoms with Crippen molar-refractivity contribution in [3.8, 4) is 0 Å². The number of hydrogen-bond acceptors (Lipinski definition) is 0. The van der Waals surface area contributed by atoms with Crippen molar-refractivity contribution in [2.45, 2.75) is 6.92 Å². The van der Waals surface area contributed by atoms with E-state index in [0.717, 1.165) is 4.47 Å². The average molecular weight is 279 g/mol. The molecule has 70 valence electrons. The van der Waals surface area contributed by atoms with Crippen LogP contribution in [0.5, 0.6) is 0 Å². The Morgan fingerprint density at radius 1 is 1.08 bits per heavy atom. The average Bonchev–Trinajstić information content (AvgIpc) is 2.63. The summed E-state index contributed by atoms with van der Waals surface area (Å²) in [4.78, 5) is 0. The second-order valence-electron chi connectivity index (χ2n) is 2.57. The van der Waals surface area contributed by atoms with Gasteiger partial charge in [-0.05, 0) is 0 Å². The predicted octanol–water partition coefficient (Wildman–Crippen LogP) is 3.88. The Kier molecular flexibility index (Phi) is 6.97. The molecular weight excluding hydrogens is 268 g/mol. The molecule has 2 heteroatoms. The van der Waals surface area contributed by atoms with Gasteiger partial charge in [-0.2, -0.15) is 35.9 Å². The van der Waals surface area contributed by atoms with Gasteiger partial charge in [0.15, 0.2) is 0 Å². The second-order valence-corrected chi connectivity index (χ2v) is 3.48. The van der Waals surface area contributed by atoms with E-state index in [0.29, 0.717) is 0 Å². The third-order valence-electron chi connectivity index (χ3n) is 1.45. The largest absolute Gasteiger partial charge is 2.00 e. The molecule has 13 heavy (non-hydrogen) atoms. The summed E-state index contributed by atoms with van der Waals surface area (Å²) >= 11 is 3.28. The van der Waals surface area contributed by atoms with Gasteiger partial charge in [0, 0.05) is 0 Å². The van der Waals surface area contributed by atoms with Gasteiger partial charge in [0.2, 0.25) is 0 Å². The van der Waals surface area contributed by atoms with Crippen molar-refractivity contribution in [3.63, 3.8) is 0 Å². The van der Waals surface area contributed by atoms with Crippen LogP contribution in [0.4, 0.5) is 0 Å². The molecule has 0 amide bonds. The van der Waals surface area contributed by atoms with Crippen molar-refractivity contribution in [1.29, 1.82) is 0 Å². The first-order chi connectivity index (χ1) is 5.79. The van der Waals surface area contributed by atoms with Crippen LogP contribution in [-0.4, -0.2) is 0 Å². The molecule has 0 spiro atoms. The Bertz CT molecular complexity index is 249. The Hall–Kier alpha value is -0.301. The van der Waals surface area contributed by atoms with E-state index in [1.54, 1.807) is 0 Å². The smallest absolute Gasteiger partial charge is 0.213 e. The van der Waals surface area contributed by atoms with Crippen molar-refractivity contribution in [2.75, 3.05) is 0 Å². The summed E-state index contributed by atoms with van der Waals surface area (Å²) in [5.74, 6) is 0. The molecule has 0 aliphatic heterocycles. The third-order valence-corrected chi connectivity index (χ3v) is 1.98. The SMILES string of the molecule is Brc1ccc[cH-]1.Cc1ccc[cH-]1.[Fe+2]. The number of hydrogen-bond donors (Lipinski definition) is 0. The molecule has 0 aliphatic carbocycles. The molecule has 0 unspecified atom stereocenters. The van der Waals surface area contributed by atoms with E-state index in [9.17, 15) is 0 Å². The van der Waals surface area contributed by atoms with Crippen molar-refractivity contribution >= 4 is 15.9 Å². The molecule has 0 heterocycles. The third kappa shape index (κ3) is 5.86. The minimum Gasteiger partial charge on any atom is -0.213 e. The maximum absolute atomic E-state index is 3.28. The molecule has 2 rings (SSSR count). The van der Waals surface area contributed by atoms with E-state index >= 15 is 0 Å². The van der Waals surface area contributed by atoms with E-state index in [2.05, 4.69) is 35.0 Å². The maximum Gasteiger partial charge on any atom is 2.00 e. The first-order valence-electron chi connectivity index (χ1n) is 3.84. The normalized spacial score (nSPS) is 8.15. The molecule has 0 fully saturated rings. The summed E-state index contributed by atoms with van der Waals surface area (Å²) in [5.41, 5.74) is 1.34. The van der Waals surface area contributed by atoms with Crippen LogP contribution in [0.25, 0.3) is 0 Å². The van der Waals surface area contributed by atoms with Crippen LogP contribution in [-0.2, 0) is 17.1 Å². The monoisotopic (exact) mass is 278 g/mol. The molecule has 0 aromatic heterocycles. The van der Waals surface area contributed by atoms with Crippen LogP contribution in [0.15, 0.2) is 53.0 Å². The van der Waals surface area contributed by atoms with Crippen molar-refractivity contribution in [3.05, 3.63) is 58.6 Å². The Balaban J connectivity index is 0.000000206. The summed E-state index contributed by atoms with van der Waals surface area (Å²) in [6.45, 7) is 2.08. The van der Waals surface area contributed by atoms with Gasteiger partial charge in [-0.3, -0.25) is 0 Å². The first-order valence-corrected chi connectivity index (χ1v) is 4.64. The summed E-state index contributed by atoms with van der Waals surface area (Å²) in [5, 5.41) is 0. The molecule has 0 atom stereocenters. The van der Waals surface area contributed by atoms with Gasteiger partial charge in [-0.25, -0.2) is 18.2 Å². The van der Waals surface area contributed by atoms with Gasteiger partial charge in [0.05, 0.1) is 0 Å². The molecule has 0 saturated heterocycles. The van der Waals surface area contributed by atoms with Gasteiger partial charge >= 0.3 is 17.1 Å². The summed E-state index contributed by atoms with van der Waals surface area (Å²) < 4.78 is 1.16. The van der Waals surface area contributed by atoms with Crippen molar-refractivity contribution in [1.82, 2.24) is 0 Å². The van der Waals surface area contributed by atoms with Gasteiger partial charge in [0.25, 0.3) is 0 Å². The Morgan fingerprint density at radius 2 is 1.69 bits per heavy atom. The zero-order valence-corrected chi connectivity index (χ0v) is 10.0. The fourth-order valence-corrected chi connectivity index (χ4v) is 1.13. The summed E-state index contributed by atoms with van der Waals surface area (Å²) in [7, 11) is 0. The van der Waals surface area contributed by atoms with Crippen molar-refractivity contribution in [2.24, 2.45) is 0 Å². The number of halogens is 1. The Labute approximate surface area is 98.3 Å². The molecule has 0 N–H and O–H groups in total. The molecule has 2 aromatic carbocycles. The summed E-state index contributed by atoms with van der Waals surface area (Å²) in [6.07, 6.45) is 0. The molecule has 0 saturated carbocycles. The van der Waals surface area contributed by atoms with Crippen LogP contribution < -0.4 is 0 Å². The fourth-order valence-electron chi connectivity index (χ4n) is 0.821. The van der Waals surface area contributed by atoms with E-state index in [1.807, 2.05) is 36.4 Å². The van der Waals surface area contributed by atoms with E-state index < -0.39 is 0 Å². The number of aryl methyl sites for hydroxylation is 1. The van der Waals surface area contributed by atoms with E-state index in [-0.39, 0.29) is 17.1 Å². The second kappa shape index (κ2) is 7.14. The first kappa shape index (κ1) is 12.7. The fraction of sp³-hybridized carbons (Fsp3) is 0.0909. The van der Waals surface area contributed by atoms with Crippen LogP contribution in [0.2, 0.25) is 0 Å². The molecule has 0 bridgehead atoms. The molecule has 0 radical (unpaired) electrons. The quantitative estimate of drug-likeness (QED) is 0.507. The van der Waals surface area contributed by atoms with Crippen LogP contribution in [0.3, 0.4) is 0 Å². The van der Waals surface area contributed by atoms with Crippen LogP contribution in [0, 0.1) is 6.92 Å².